The molecular formula is C13H10N4O2S. The number of hydrogen-bond donors (Lipinski definition) is 1. The van der Waals surface area contributed by atoms with Gasteiger partial charge in [-0.1, -0.05) is 30.0 Å². The zero-order valence-corrected chi connectivity index (χ0v) is 11.1. The van der Waals surface area contributed by atoms with Gasteiger partial charge in [-0.2, -0.15) is 5.10 Å². The molecule has 1 N–H and O–H groups in total. The average Bonchev–Trinajstić information content (AvgIpc) is 2.90. The van der Waals surface area contributed by atoms with Gasteiger partial charge in [0.25, 0.3) is 0 Å². The Morgan fingerprint density at radius 1 is 1.25 bits per heavy atom. The lowest BCUT2D eigenvalue weighted by Gasteiger charge is -2.03. The second kappa shape index (κ2) is 5.30. The van der Waals surface area contributed by atoms with Crippen molar-refractivity contribution >= 4 is 28.8 Å². The lowest BCUT2D eigenvalue weighted by Crippen LogP contribution is -2.00. The molecule has 0 radical (unpaired) electrons. The Balaban J connectivity index is 2.06. The lowest BCUT2D eigenvalue weighted by atomic mass is 10.3. The Bertz CT molecular complexity index is 757. The summed E-state index contributed by atoms with van der Waals surface area (Å²) in [7, 11) is 0. The third-order valence-corrected chi connectivity index (χ3v) is 3.65. The molecule has 0 fully saturated rings. The third kappa shape index (κ3) is 2.35. The number of rotatable bonds is 4. The first-order valence-corrected chi connectivity index (χ1v) is 6.83. The van der Waals surface area contributed by atoms with E-state index >= 15 is 0 Å². The molecule has 0 atom stereocenters. The first kappa shape index (κ1) is 12.6. The fourth-order valence-electron chi connectivity index (χ4n) is 1.83. The van der Waals surface area contributed by atoms with Gasteiger partial charge in [0.05, 0.1) is 23.0 Å². The van der Waals surface area contributed by atoms with E-state index in [2.05, 4.69) is 15.1 Å². The van der Waals surface area contributed by atoms with Gasteiger partial charge >= 0.3 is 5.97 Å². The van der Waals surface area contributed by atoms with Gasteiger partial charge in [-0.25, -0.2) is 14.6 Å². The van der Waals surface area contributed by atoms with Crippen molar-refractivity contribution < 1.29 is 9.90 Å². The van der Waals surface area contributed by atoms with E-state index < -0.39 is 5.97 Å². The highest BCUT2D eigenvalue weighted by Crippen LogP contribution is 2.25. The van der Waals surface area contributed by atoms with Crippen molar-refractivity contribution in [2.75, 3.05) is 5.75 Å². The fourth-order valence-corrected chi connectivity index (χ4v) is 2.51. The van der Waals surface area contributed by atoms with Gasteiger partial charge in [-0.15, -0.1) is 0 Å². The summed E-state index contributed by atoms with van der Waals surface area (Å²) in [4.78, 5) is 19.0. The van der Waals surface area contributed by atoms with Crippen LogP contribution in [0.2, 0.25) is 0 Å². The molecule has 20 heavy (non-hydrogen) atoms. The van der Waals surface area contributed by atoms with E-state index in [-0.39, 0.29) is 5.75 Å². The Morgan fingerprint density at radius 2 is 2.05 bits per heavy atom. The number of hydrogen-bond acceptors (Lipinski definition) is 5. The third-order valence-electron chi connectivity index (χ3n) is 2.66. The molecule has 0 saturated heterocycles. The molecule has 0 unspecified atom stereocenters. The molecule has 0 aliphatic heterocycles. The Hall–Kier alpha value is -2.41. The highest BCUT2D eigenvalue weighted by molar-refractivity contribution is 8.00. The van der Waals surface area contributed by atoms with Crippen LogP contribution in [0.1, 0.15) is 0 Å². The summed E-state index contributed by atoms with van der Waals surface area (Å²) in [5, 5.41) is 14.4. The number of carboxylic acids is 1. The number of carboxylic acid groups (broad SMARTS) is 1. The summed E-state index contributed by atoms with van der Waals surface area (Å²) in [5.41, 5.74) is 1.56. The van der Waals surface area contributed by atoms with Crippen LogP contribution in [0.5, 0.6) is 0 Å². The molecule has 3 rings (SSSR count). The maximum atomic E-state index is 10.7. The normalized spacial score (nSPS) is 10.8. The van der Waals surface area contributed by atoms with Crippen molar-refractivity contribution in [3.05, 3.63) is 42.9 Å². The maximum Gasteiger partial charge on any atom is 0.313 e. The molecule has 1 aromatic carbocycles. The molecule has 2 heterocycles. The number of nitrogens with zero attached hydrogens (tertiary/aromatic N) is 4. The predicted molar refractivity (Wildman–Crippen MR) is 75.0 cm³/mol. The summed E-state index contributed by atoms with van der Waals surface area (Å²) in [6.45, 7) is 0. The number of carbonyl (C=O) groups is 1. The molecule has 7 heteroatoms. The van der Waals surface area contributed by atoms with E-state index in [9.17, 15) is 4.79 Å². The lowest BCUT2D eigenvalue weighted by molar-refractivity contribution is -0.133. The van der Waals surface area contributed by atoms with Gasteiger partial charge in [-0.05, 0) is 12.1 Å². The SMILES string of the molecule is O=C(O)CSc1ncnc2c1cnn2-c1ccccc1. The number of benzene rings is 1. The number of aromatic nitrogens is 4. The van der Waals surface area contributed by atoms with Crippen molar-refractivity contribution in [1.82, 2.24) is 19.7 Å². The van der Waals surface area contributed by atoms with E-state index in [0.717, 1.165) is 22.8 Å². The average molecular weight is 286 g/mol. The summed E-state index contributed by atoms with van der Waals surface area (Å²) in [6.07, 6.45) is 3.08. The van der Waals surface area contributed by atoms with Crippen molar-refractivity contribution in [3.8, 4) is 5.69 Å². The zero-order valence-electron chi connectivity index (χ0n) is 10.3. The largest absolute Gasteiger partial charge is 0.481 e. The van der Waals surface area contributed by atoms with Crippen LogP contribution in [0.4, 0.5) is 0 Å². The monoisotopic (exact) mass is 286 g/mol. The molecule has 0 amide bonds. The van der Waals surface area contributed by atoms with Crippen LogP contribution in [0.25, 0.3) is 16.7 Å². The molecule has 100 valence electrons. The molecule has 2 aromatic heterocycles. The van der Waals surface area contributed by atoms with Gasteiger partial charge in [0.1, 0.15) is 11.4 Å². The van der Waals surface area contributed by atoms with Gasteiger partial charge in [0.2, 0.25) is 0 Å². The van der Waals surface area contributed by atoms with Crippen molar-refractivity contribution in [1.29, 1.82) is 0 Å². The zero-order chi connectivity index (χ0) is 13.9. The topological polar surface area (TPSA) is 80.9 Å². The van der Waals surface area contributed by atoms with Crippen LogP contribution < -0.4 is 0 Å². The fraction of sp³-hybridized carbons (Fsp3) is 0.0769. The molecule has 0 saturated carbocycles. The molecule has 3 aromatic rings. The molecule has 0 spiro atoms. The van der Waals surface area contributed by atoms with Crippen molar-refractivity contribution in [2.45, 2.75) is 5.03 Å². The van der Waals surface area contributed by atoms with Crippen molar-refractivity contribution in [3.63, 3.8) is 0 Å². The van der Waals surface area contributed by atoms with Crippen LogP contribution in [0, 0.1) is 0 Å². The number of aliphatic carboxylic acids is 1. The van der Waals surface area contributed by atoms with Gasteiger partial charge in [0, 0.05) is 0 Å². The van der Waals surface area contributed by atoms with Crippen molar-refractivity contribution in [2.24, 2.45) is 0 Å². The minimum absolute atomic E-state index is 0.0391. The molecule has 0 bridgehead atoms. The van der Waals surface area contributed by atoms with E-state index in [4.69, 9.17) is 5.11 Å². The van der Waals surface area contributed by atoms with Crippen LogP contribution in [-0.2, 0) is 4.79 Å². The second-order valence-corrected chi connectivity index (χ2v) is 4.95. The van der Waals surface area contributed by atoms with Crippen LogP contribution in [-0.4, -0.2) is 36.6 Å². The second-order valence-electron chi connectivity index (χ2n) is 3.99. The molecule has 0 aliphatic carbocycles. The van der Waals surface area contributed by atoms with E-state index in [1.165, 1.54) is 6.33 Å². The number of fused-ring (bicyclic) bond motifs is 1. The first-order valence-electron chi connectivity index (χ1n) is 5.84. The number of para-hydroxylation sites is 1. The first-order chi connectivity index (χ1) is 9.75. The predicted octanol–water partition coefficient (Wildman–Crippen LogP) is 1.99. The molecule has 0 aliphatic rings. The van der Waals surface area contributed by atoms with Gasteiger partial charge < -0.3 is 5.11 Å². The Labute approximate surface area is 118 Å². The van der Waals surface area contributed by atoms with Gasteiger partial charge in [0.15, 0.2) is 5.65 Å². The summed E-state index contributed by atoms with van der Waals surface area (Å²) >= 11 is 1.16. The summed E-state index contributed by atoms with van der Waals surface area (Å²) in [6, 6.07) is 9.63. The minimum atomic E-state index is -0.878. The summed E-state index contributed by atoms with van der Waals surface area (Å²) < 4.78 is 1.71. The van der Waals surface area contributed by atoms with Crippen LogP contribution in [0.15, 0.2) is 47.9 Å². The van der Waals surface area contributed by atoms with E-state index in [1.807, 2.05) is 30.3 Å². The van der Waals surface area contributed by atoms with Crippen LogP contribution in [0.3, 0.4) is 0 Å². The Morgan fingerprint density at radius 3 is 2.80 bits per heavy atom. The number of thioether (sulfide) groups is 1. The summed E-state index contributed by atoms with van der Waals surface area (Å²) in [5.74, 6) is -0.917. The highest BCUT2D eigenvalue weighted by atomic mass is 32.2. The standard InChI is InChI=1S/C13H10N4O2S/c18-11(19)7-20-13-10-6-16-17(12(10)14-8-15-13)9-4-2-1-3-5-9/h1-6,8H,7H2,(H,18,19). The Kier molecular flexibility index (Phi) is 3.34. The van der Waals surface area contributed by atoms with E-state index in [0.29, 0.717) is 10.7 Å². The van der Waals surface area contributed by atoms with Crippen LogP contribution >= 0.6 is 11.8 Å². The highest BCUT2D eigenvalue weighted by Gasteiger charge is 2.12. The van der Waals surface area contributed by atoms with E-state index in [1.54, 1.807) is 10.9 Å². The smallest absolute Gasteiger partial charge is 0.313 e. The molecular weight excluding hydrogens is 276 g/mol. The van der Waals surface area contributed by atoms with Gasteiger partial charge in [-0.3, -0.25) is 4.79 Å². The quantitative estimate of drug-likeness (QED) is 0.583. The maximum absolute atomic E-state index is 10.7. The minimum Gasteiger partial charge on any atom is -0.481 e. The molecule has 6 nitrogen and oxygen atoms in total.